The quantitative estimate of drug-likeness (QED) is 0.767. The fraction of sp³-hybridized carbons (Fsp3) is 0.467. The second-order valence-electron chi connectivity index (χ2n) is 5.02. The zero-order valence-corrected chi connectivity index (χ0v) is 12.4. The number of carbonyl (C=O) groups excluding carboxylic acids is 1. The lowest BCUT2D eigenvalue weighted by Gasteiger charge is -2.19. The first kappa shape index (κ1) is 13.5. The summed E-state index contributed by atoms with van der Waals surface area (Å²) < 4.78 is 6.25. The van der Waals surface area contributed by atoms with Gasteiger partial charge in [0.2, 0.25) is 0 Å². The number of benzene rings is 1. The summed E-state index contributed by atoms with van der Waals surface area (Å²) in [7, 11) is 0. The molecule has 20 heavy (non-hydrogen) atoms. The van der Waals surface area contributed by atoms with Crippen LogP contribution in [0.2, 0.25) is 0 Å². The SMILES string of the molecule is CCOC(=O)CN(Cc1nc2ccccc2s1)C1CC1. The van der Waals surface area contributed by atoms with Crippen molar-refractivity contribution in [2.75, 3.05) is 13.2 Å². The van der Waals surface area contributed by atoms with E-state index >= 15 is 0 Å². The molecule has 1 aliphatic rings. The minimum Gasteiger partial charge on any atom is -0.465 e. The first-order chi connectivity index (χ1) is 9.76. The summed E-state index contributed by atoms with van der Waals surface area (Å²) in [5, 5.41) is 1.07. The van der Waals surface area contributed by atoms with Crippen LogP contribution in [0.25, 0.3) is 10.2 Å². The Morgan fingerprint density at radius 3 is 2.95 bits per heavy atom. The monoisotopic (exact) mass is 290 g/mol. The highest BCUT2D eigenvalue weighted by Gasteiger charge is 2.31. The van der Waals surface area contributed by atoms with Crippen LogP contribution in [0.15, 0.2) is 24.3 Å². The van der Waals surface area contributed by atoms with E-state index in [1.165, 1.54) is 17.5 Å². The van der Waals surface area contributed by atoms with Crippen molar-refractivity contribution in [3.05, 3.63) is 29.3 Å². The molecule has 0 bridgehead atoms. The predicted molar refractivity (Wildman–Crippen MR) is 79.7 cm³/mol. The molecule has 0 aliphatic heterocycles. The van der Waals surface area contributed by atoms with Crippen LogP contribution < -0.4 is 0 Å². The van der Waals surface area contributed by atoms with E-state index in [4.69, 9.17) is 4.74 Å². The summed E-state index contributed by atoms with van der Waals surface area (Å²) in [5.74, 6) is -0.138. The number of rotatable bonds is 6. The zero-order valence-electron chi connectivity index (χ0n) is 11.5. The number of para-hydroxylation sites is 1. The van der Waals surface area contributed by atoms with E-state index in [1.807, 2.05) is 25.1 Å². The number of hydrogen-bond donors (Lipinski definition) is 0. The lowest BCUT2D eigenvalue weighted by molar-refractivity contribution is -0.144. The second kappa shape index (κ2) is 5.89. The molecule has 0 amide bonds. The molecule has 5 heteroatoms. The fourth-order valence-corrected chi connectivity index (χ4v) is 3.28. The van der Waals surface area contributed by atoms with E-state index < -0.39 is 0 Å². The molecule has 1 aromatic carbocycles. The minimum atomic E-state index is -0.138. The van der Waals surface area contributed by atoms with Gasteiger partial charge in [-0.25, -0.2) is 4.98 Å². The van der Waals surface area contributed by atoms with E-state index in [0.29, 0.717) is 19.2 Å². The standard InChI is InChI=1S/C15H18N2O2S/c1-2-19-15(18)10-17(11-7-8-11)9-14-16-12-5-3-4-6-13(12)20-14/h3-6,11H,2,7-10H2,1H3. The van der Waals surface area contributed by atoms with Gasteiger partial charge in [0, 0.05) is 6.04 Å². The number of carbonyl (C=O) groups is 1. The molecule has 1 aromatic heterocycles. The van der Waals surface area contributed by atoms with Gasteiger partial charge in [0.25, 0.3) is 0 Å². The third kappa shape index (κ3) is 3.16. The number of fused-ring (bicyclic) bond motifs is 1. The summed E-state index contributed by atoms with van der Waals surface area (Å²) in [6.45, 7) is 3.39. The lowest BCUT2D eigenvalue weighted by Crippen LogP contribution is -2.32. The van der Waals surface area contributed by atoms with Gasteiger partial charge in [-0.1, -0.05) is 12.1 Å². The van der Waals surface area contributed by atoms with Gasteiger partial charge in [-0.2, -0.15) is 0 Å². The van der Waals surface area contributed by atoms with Gasteiger partial charge < -0.3 is 4.74 Å². The van der Waals surface area contributed by atoms with Gasteiger partial charge in [-0.05, 0) is 31.9 Å². The van der Waals surface area contributed by atoms with Crippen molar-refractivity contribution >= 4 is 27.5 Å². The van der Waals surface area contributed by atoms with E-state index in [-0.39, 0.29) is 5.97 Å². The first-order valence-corrected chi connectivity index (χ1v) is 7.82. The molecule has 1 heterocycles. The molecule has 0 atom stereocenters. The minimum absolute atomic E-state index is 0.138. The Kier molecular flexibility index (Phi) is 3.98. The van der Waals surface area contributed by atoms with Crippen LogP contribution in [0.5, 0.6) is 0 Å². The molecule has 0 N–H and O–H groups in total. The lowest BCUT2D eigenvalue weighted by atomic mass is 10.3. The smallest absolute Gasteiger partial charge is 0.320 e. The van der Waals surface area contributed by atoms with E-state index in [0.717, 1.165) is 17.1 Å². The molecule has 0 spiro atoms. The topological polar surface area (TPSA) is 42.4 Å². The summed E-state index contributed by atoms with van der Waals surface area (Å²) in [6, 6.07) is 8.67. The number of thiazole rings is 1. The van der Waals surface area contributed by atoms with Gasteiger partial charge in [0.1, 0.15) is 5.01 Å². The van der Waals surface area contributed by atoms with Crippen LogP contribution in [0.3, 0.4) is 0 Å². The molecule has 0 saturated heterocycles. The zero-order chi connectivity index (χ0) is 13.9. The van der Waals surface area contributed by atoms with Crippen LogP contribution in [0.4, 0.5) is 0 Å². The number of aromatic nitrogens is 1. The fourth-order valence-electron chi connectivity index (χ4n) is 2.29. The van der Waals surface area contributed by atoms with Crippen molar-refractivity contribution in [1.82, 2.24) is 9.88 Å². The molecule has 0 radical (unpaired) electrons. The van der Waals surface area contributed by atoms with E-state index in [9.17, 15) is 4.79 Å². The van der Waals surface area contributed by atoms with Crippen LogP contribution in [0.1, 0.15) is 24.8 Å². The maximum absolute atomic E-state index is 11.7. The van der Waals surface area contributed by atoms with Gasteiger partial charge in [-0.15, -0.1) is 11.3 Å². The molecular weight excluding hydrogens is 272 g/mol. The molecule has 0 unspecified atom stereocenters. The molecule has 3 rings (SSSR count). The molecular formula is C15H18N2O2S. The third-order valence-corrected chi connectivity index (χ3v) is 4.40. The first-order valence-electron chi connectivity index (χ1n) is 7.00. The van der Waals surface area contributed by atoms with Crippen molar-refractivity contribution in [3.8, 4) is 0 Å². The Labute approximate surface area is 122 Å². The van der Waals surface area contributed by atoms with Crippen molar-refractivity contribution in [2.45, 2.75) is 32.4 Å². The van der Waals surface area contributed by atoms with Crippen LogP contribution in [-0.4, -0.2) is 35.0 Å². The highest BCUT2D eigenvalue weighted by atomic mass is 32.1. The largest absolute Gasteiger partial charge is 0.465 e. The second-order valence-corrected chi connectivity index (χ2v) is 6.13. The van der Waals surface area contributed by atoms with E-state index in [1.54, 1.807) is 11.3 Å². The van der Waals surface area contributed by atoms with Gasteiger partial charge in [0.15, 0.2) is 0 Å². The molecule has 1 saturated carbocycles. The van der Waals surface area contributed by atoms with Gasteiger partial charge in [-0.3, -0.25) is 9.69 Å². The Bertz CT molecular complexity index is 574. The van der Waals surface area contributed by atoms with Crippen molar-refractivity contribution in [3.63, 3.8) is 0 Å². The summed E-state index contributed by atoms with van der Waals surface area (Å²) in [6.07, 6.45) is 2.34. The van der Waals surface area contributed by atoms with Crippen molar-refractivity contribution in [1.29, 1.82) is 0 Å². The van der Waals surface area contributed by atoms with E-state index in [2.05, 4.69) is 16.0 Å². The maximum atomic E-state index is 11.7. The molecule has 106 valence electrons. The number of nitrogens with zero attached hydrogens (tertiary/aromatic N) is 2. The Balaban J connectivity index is 1.70. The Hall–Kier alpha value is -1.46. The van der Waals surface area contributed by atoms with Crippen molar-refractivity contribution < 1.29 is 9.53 Å². The Morgan fingerprint density at radius 2 is 2.25 bits per heavy atom. The maximum Gasteiger partial charge on any atom is 0.320 e. The van der Waals surface area contributed by atoms with Crippen molar-refractivity contribution in [2.24, 2.45) is 0 Å². The van der Waals surface area contributed by atoms with Crippen LogP contribution >= 0.6 is 11.3 Å². The number of ether oxygens (including phenoxy) is 1. The summed E-state index contributed by atoms with van der Waals surface area (Å²) >= 11 is 1.71. The molecule has 4 nitrogen and oxygen atoms in total. The normalized spacial score (nSPS) is 14.9. The highest BCUT2D eigenvalue weighted by molar-refractivity contribution is 7.18. The molecule has 2 aromatic rings. The third-order valence-electron chi connectivity index (χ3n) is 3.38. The Morgan fingerprint density at radius 1 is 1.45 bits per heavy atom. The van der Waals surface area contributed by atoms with Crippen LogP contribution in [0, 0.1) is 0 Å². The average Bonchev–Trinajstić information content (AvgIpc) is 3.19. The summed E-state index contributed by atoms with van der Waals surface area (Å²) in [4.78, 5) is 18.5. The molecule has 1 fully saturated rings. The van der Waals surface area contributed by atoms with Gasteiger partial charge in [0.05, 0.1) is 29.9 Å². The molecule has 1 aliphatic carbocycles. The predicted octanol–water partition coefficient (Wildman–Crippen LogP) is 2.82. The van der Waals surface area contributed by atoms with Crippen LogP contribution in [-0.2, 0) is 16.1 Å². The average molecular weight is 290 g/mol. The summed E-state index contributed by atoms with van der Waals surface area (Å²) in [5.41, 5.74) is 1.04. The number of esters is 1. The highest BCUT2D eigenvalue weighted by Crippen LogP contribution is 2.30. The van der Waals surface area contributed by atoms with Gasteiger partial charge >= 0.3 is 5.97 Å². The number of hydrogen-bond acceptors (Lipinski definition) is 5.